The van der Waals surface area contributed by atoms with Gasteiger partial charge in [0.15, 0.2) is 0 Å². The number of nitrogens with zero attached hydrogens (tertiary/aromatic N) is 4. The van der Waals surface area contributed by atoms with E-state index in [2.05, 4.69) is 33.2 Å². The number of rotatable bonds is 2. The first-order valence-corrected chi connectivity index (χ1v) is 8.55. The van der Waals surface area contributed by atoms with Crippen LogP contribution in [0.25, 0.3) is 10.8 Å². The van der Waals surface area contributed by atoms with Crippen molar-refractivity contribution in [3.63, 3.8) is 0 Å². The van der Waals surface area contributed by atoms with E-state index in [9.17, 15) is 9.59 Å². The number of hydrogen-bond donors (Lipinski definition) is 1. The molecule has 1 aromatic heterocycles. The second-order valence-corrected chi connectivity index (χ2v) is 6.58. The van der Waals surface area contributed by atoms with Gasteiger partial charge in [0.25, 0.3) is 0 Å². The van der Waals surface area contributed by atoms with E-state index in [0.29, 0.717) is 13.0 Å². The Hall–Kier alpha value is -2.67. The number of anilines is 2. The summed E-state index contributed by atoms with van der Waals surface area (Å²) in [5, 5.41) is 4.40. The maximum absolute atomic E-state index is 12.2. The highest BCUT2D eigenvalue weighted by Crippen LogP contribution is 2.33. The fourth-order valence-electron chi connectivity index (χ4n) is 3.50. The molecular formula is C18H21N5O2. The Kier molecular flexibility index (Phi) is 4.01. The topological polar surface area (TPSA) is 68.8 Å². The molecule has 0 radical (unpaired) electrons. The van der Waals surface area contributed by atoms with Gasteiger partial charge in [0, 0.05) is 61.8 Å². The number of urea groups is 1. The SMILES string of the molecule is CN1CCN(c2cccc3c(N4CCC(=O)NC4=O)cncc23)CC1. The Balaban J connectivity index is 1.74. The lowest BCUT2D eigenvalue weighted by Gasteiger charge is -2.35. The number of benzene rings is 1. The van der Waals surface area contributed by atoms with Crippen LogP contribution in [0.1, 0.15) is 6.42 Å². The first kappa shape index (κ1) is 15.8. The van der Waals surface area contributed by atoms with Crippen molar-refractivity contribution in [2.75, 3.05) is 49.6 Å². The predicted molar refractivity (Wildman–Crippen MR) is 97.0 cm³/mol. The van der Waals surface area contributed by atoms with Crippen molar-refractivity contribution >= 4 is 34.1 Å². The molecule has 0 bridgehead atoms. The third kappa shape index (κ3) is 2.91. The van der Waals surface area contributed by atoms with Gasteiger partial charge in [0.2, 0.25) is 5.91 Å². The Morgan fingerprint density at radius 2 is 1.76 bits per heavy atom. The maximum atomic E-state index is 12.2. The third-order valence-corrected chi connectivity index (χ3v) is 4.95. The number of imide groups is 1. The van der Waals surface area contributed by atoms with Crippen LogP contribution in [0.4, 0.5) is 16.2 Å². The molecule has 2 fully saturated rings. The van der Waals surface area contributed by atoms with Gasteiger partial charge in [-0.15, -0.1) is 0 Å². The van der Waals surface area contributed by atoms with Crippen LogP contribution >= 0.6 is 0 Å². The van der Waals surface area contributed by atoms with Gasteiger partial charge in [-0.25, -0.2) is 4.79 Å². The standard InChI is InChI=1S/C18H21N5O2/c1-21-7-9-22(10-8-21)15-4-2-3-13-14(15)11-19-12-16(13)23-6-5-17(24)20-18(23)25/h2-4,11-12H,5-10H2,1H3,(H,20,24,25). The summed E-state index contributed by atoms with van der Waals surface area (Å²) in [5.41, 5.74) is 1.90. The number of fused-ring (bicyclic) bond motifs is 1. The molecular weight excluding hydrogens is 318 g/mol. The van der Waals surface area contributed by atoms with Crippen molar-refractivity contribution in [1.29, 1.82) is 0 Å². The van der Waals surface area contributed by atoms with Crippen LogP contribution in [-0.4, -0.2) is 61.6 Å². The number of pyridine rings is 1. The molecule has 2 aromatic rings. The summed E-state index contributed by atoms with van der Waals surface area (Å²) in [6.07, 6.45) is 3.87. The van der Waals surface area contributed by atoms with E-state index in [0.717, 1.165) is 48.3 Å². The summed E-state index contributed by atoms with van der Waals surface area (Å²) in [5.74, 6) is -0.229. The van der Waals surface area contributed by atoms with E-state index in [1.807, 2.05) is 18.3 Å². The van der Waals surface area contributed by atoms with Gasteiger partial charge in [-0.05, 0) is 13.1 Å². The Labute approximate surface area is 146 Å². The van der Waals surface area contributed by atoms with Gasteiger partial charge >= 0.3 is 6.03 Å². The molecule has 2 saturated heterocycles. The molecule has 0 spiro atoms. The van der Waals surface area contributed by atoms with Gasteiger partial charge in [0.1, 0.15) is 0 Å². The number of piperazine rings is 1. The van der Waals surface area contributed by atoms with Crippen LogP contribution < -0.4 is 15.1 Å². The molecule has 4 rings (SSSR count). The minimum Gasteiger partial charge on any atom is -0.368 e. The second kappa shape index (κ2) is 6.33. The lowest BCUT2D eigenvalue weighted by atomic mass is 10.1. The molecule has 0 saturated carbocycles. The number of carbonyl (C=O) groups excluding carboxylic acids is 2. The minimum atomic E-state index is -0.379. The van der Waals surface area contributed by atoms with Crippen molar-refractivity contribution in [3.05, 3.63) is 30.6 Å². The van der Waals surface area contributed by atoms with Crippen molar-refractivity contribution in [1.82, 2.24) is 15.2 Å². The molecule has 0 unspecified atom stereocenters. The van der Waals surface area contributed by atoms with Crippen molar-refractivity contribution in [3.8, 4) is 0 Å². The smallest absolute Gasteiger partial charge is 0.328 e. The highest BCUT2D eigenvalue weighted by Gasteiger charge is 2.26. The zero-order chi connectivity index (χ0) is 17.4. The summed E-state index contributed by atoms with van der Waals surface area (Å²) < 4.78 is 0. The average Bonchev–Trinajstić information content (AvgIpc) is 2.62. The van der Waals surface area contributed by atoms with Gasteiger partial charge in [-0.3, -0.25) is 20.0 Å². The van der Waals surface area contributed by atoms with E-state index >= 15 is 0 Å². The molecule has 0 atom stereocenters. The molecule has 130 valence electrons. The molecule has 1 aromatic carbocycles. The molecule has 1 N–H and O–H groups in total. The molecule has 2 aliphatic rings. The van der Waals surface area contributed by atoms with Crippen LogP contribution in [-0.2, 0) is 4.79 Å². The number of aromatic nitrogens is 1. The summed E-state index contributed by atoms with van der Waals surface area (Å²) >= 11 is 0. The van der Waals surface area contributed by atoms with Crippen molar-refractivity contribution < 1.29 is 9.59 Å². The molecule has 2 aliphatic heterocycles. The number of likely N-dealkylation sites (N-methyl/N-ethyl adjacent to an activating group) is 1. The number of nitrogens with one attached hydrogen (secondary N) is 1. The van der Waals surface area contributed by atoms with E-state index in [4.69, 9.17) is 0 Å². The minimum absolute atomic E-state index is 0.229. The molecule has 7 nitrogen and oxygen atoms in total. The maximum Gasteiger partial charge on any atom is 0.328 e. The molecule has 0 aliphatic carbocycles. The molecule has 3 amide bonds. The van der Waals surface area contributed by atoms with E-state index in [1.54, 1.807) is 11.1 Å². The molecule has 25 heavy (non-hydrogen) atoms. The monoisotopic (exact) mass is 339 g/mol. The number of carbonyl (C=O) groups is 2. The van der Waals surface area contributed by atoms with Crippen LogP contribution in [0.5, 0.6) is 0 Å². The first-order chi connectivity index (χ1) is 12.1. The predicted octanol–water partition coefficient (Wildman–Crippen LogP) is 1.43. The lowest BCUT2D eigenvalue weighted by Crippen LogP contribution is -2.49. The molecule has 7 heteroatoms. The van der Waals surface area contributed by atoms with Gasteiger partial charge in [-0.2, -0.15) is 0 Å². The van der Waals surface area contributed by atoms with Crippen LogP contribution in [0.2, 0.25) is 0 Å². The Morgan fingerprint density at radius 1 is 0.960 bits per heavy atom. The summed E-state index contributed by atoms with van der Waals surface area (Å²) in [7, 11) is 2.14. The zero-order valence-corrected chi connectivity index (χ0v) is 14.2. The normalized spacial score (nSPS) is 19.4. The van der Waals surface area contributed by atoms with Gasteiger partial charge in [-0.1, -0.05) is 12.1 Å². The van der Waals surface area contributed by atoms with E-state index < -0.39 is 0 Å². The second-order valence-electron chi connectivity index (χ2n) is 6.58. The van der Waals surface area contributed by atoms with Crippen LogP contribution in [0.3, 0.4) is 0 Å². The lowest BCUT2D eigenvalue weighted by molar-refractivity contribution is -0.120. The zero-order valence-electron chi connectivity index (χ0n) is 14.2. The summed E-state index contributed by atoms with van der Waals surface area (Å²) in [4.78, 5) is 34.3. The van der Waals surface area contributed by atoms with Crippen LogP contribution in [0, 0.1) is 0 Å². The van der Waals surface area contributed by atoms with Crippen molar-refractivity contribution in [2.24, 2.45) is 0 Å². The average molecular weight is 339 g/mol. The Morgan fingerprint density at radius 3 is 2.52 bits per heavy atom. The van der Waals surface area contributed by atoms with E-state index in [-0.39, 0.29) is 11.9 Å². The van der Waals surface area contributed by atoms with E-state index in [1.165, 1.54) is 0 Å². The summed E-state index contributed by atoms with van der Waals surface area (Å²) in [6.45, 7) is 4.38. The first-order valence-electron chi connectivity index (χ1n) is 8.55. The number of amides is 3. The number of hydrogen-bond acceptors (Lipinski definition) is 5. The quantitative estimate of drug-likeness (QED) is 0.896. The highest BCUT2D eigenvalue weighted by molar-refractivity contribution is 6.11. The van der Waals surface area contributed by atoms with Crippen LogP contribution in [0.15, 0.2) is 30.6 Å². The van der Waals surface area contributed by atoms with Crippen molar-refractivity contribution in [2.45, 2.75) is 6.42 Å². The highest BCUT2D eigenvalue weighted by atomic mass is 16.2. The fourth-order valence-corrected chi connectivity index (χ4v) is 3.50. The van der Waals surface area contributed by atoms with Gasteiger partial charge < -0.3 is 9.80 Å². The summed E-state index contributed by atoms with van der Waals surface area (Å²) in [6, 6.07) is 5.76. The van der Waals surface area contributed by atoms with Gasteiger partial charge in [0.05, 0.1) is 11.9 Å². The fraction of sp³-hybridized carbons (Fsp3) is 0.389. The third-order valence-electron chi connectivity index (χ3n) is 4.95. The molecule has 3 heterocycles. The Bertz CT molecular complexity index is 829. The largest absolute Gasteiger partial charge is 0.368 e.